The number of amides is 1. The Balaban J connectivity index is 2.95. The standard InChI is InChI=1S/C10H22N2O3/c1-11-5-3-2-4-7-15-8-6-12-10(14)9-13/h11,13H,2-9H2,1H3,(H,12,14). The van der Waals surface area contributed by atoms with Gasteiger partial charge in [0.05, 0.1) is 6.61 Å². The molecule has 0 bridgehead atoms. The molecule has 90 valence electrons. The molecule has 0 aliphatic rings. The second-order valence-electron chi connectivity index (χ2n) is 3.28. The van der Waals surface area contributed by atoms with E-state index in [0.717, 1.165) is 26.0 Å². The van der Waals surface area contributed by atoms with Crippen LogP contribution in [0.3, 0.4) is 0 Å². The maximum Gasteiger partial charge on any atom is 0.245 e. The normalized spacial score (nSPS) is 10.3. The van der Waals surface area contributed by atoms with Crippen molar-refractivity contribution < 1.29 is 14.6 Å². The van der Waals surface area contributed by atoms with Crippen LogP contribution in [-0.4, -0.2) is 51.0 Å². The lowest BCUT2D eigenvalue weighted by atomic mass is 10.2. The summed E-state index contributed by atoms with van der Waals surface area (Å²) < 4.78 is 5.29. The fourth-order valence-electron chi connectivity index (χ4n) is 1.10. The van der Waals surface area contributed by atoms with Crippen molar-refractivity contribution in [3.05, 3.63) is 0 Å². The van der Waals surface area contributed by atoms with Crippen molar-refractivity contribution in [1.82, 2.24) is 10.6 Å². The molecule has 0 rings (SSSR count). The van der Waals surface area contributed by atoms with E-state index in [2.05, 4.69) is 10.6 Å². The fraction of sp³-hybridized carbons (Fsp3) is 0.900. The van der Waals surface area contributed by atoms with Gasteiger partial charge >= 0.3 is 0 Å². The van der Waals surface area contributed by atoms with Crippen molar-refractivity contribution in [1.29, 1.82) is 0 Å². The van der Waals surface area contributed by atoms with Crippen LogP contribution >= 0.6 is 0 Å². The summed E-state index contributed by atoms with van der Waals surface area (Å²) in [5.74, 6) is -0.354. The molecule has 0 unspecified atom stereocenters. The molecule has 0 aromatic carbocycles. The summed E-state index contributed by atoms with van der Waals surface area (Å²) in [6, 6.07) is 0. The number of unbranched alkanes of at least 4 members (excludes halogenated alkanes) is 2. The molecule has 0 radical (unpaired) electrons. The number of ether oxygens (including phenoxy) is 1. The van der Waals surface area contributed by atoms with Gasteiger partial charge in [0.1, 0.15) is 6.61 Å². The number of hydrogen-bond acceptors (Lipinski definition) is 4. The van der Waals surface area contributed by atoms with Crippen LogP contribution in [0.15, 0.2) is 0 Å². The molecule has 0 fully saturated rings. The highest BCUT2D eigenvalue weighted by atomic mass is 16.5. The molecule has 0 aromatic heterocycles. The van der Waals surface area contributed by atoms with E-state index in [1.807, 2.05) is 7.05 Å². The largest absolute Gasteiger partial charge is 0.387 e. The van der Waals surface area contributed by atoms with E-state index in [9.17, 15) is 4.79 Å². The first-order chi connectivity index (χ1) is 7.31. The summed E-state index contributed by atoms with van der Waals surface area (Å²) in [4.78, 5) is 10.6. The number of carbonyl (C=O) groups is 1. The zero-order valence-electron chi connectivity index (χ0n) is 9.42. The minimum atomic E-state index is -0.454. The molecule has 0 aromatic rings. The van der Waals surface area contributed by atoms with Crippen LogP contribution in [0.4, 0.5) is 0 Å². The molecular weight excluding hydrogens is 196 g/mol. The second kappa shape index (κ2) is 11.4. The monoisotopic (exact) mass is 218 g/mol. The first-order valence-corrected chi connectivity index (χ1v) is 5.41. The zero-order valence-corrected chi connectivity index (χ0v) is 9.42. The lowest BCUT2D eigenvalue weighted by molar-refractivity contribution is -0.124. The van der Waals surface area contributed by atoms with Gasteiger partial charge in [0.2, 0.25) is 5.91 Å². The summed E-state index contributed by atoms with van der Waals surface area (Å²) in [6.07, 6.45) is 3.38. The Hall–Kier alpha value is -0.650. The van der Waals surface area contributed by atoms with Crippen LogP contribution in [-0.2, 0) is 9.53 Å². The van der Waals surface area contributed by atoms with Gasteiger partial charge in [0, 0.05) is 13.2 Å². The Morgan fingerprint density at radius 1 is 1.20 bits per heavy atom. The topological polar surface area (TPSA) is 70.6 Å². The van der Waals surface area contributed by atoms with Gasteiger partial charge in [-0.3, -0.25) is 4.79 Å². The van der Waals surface area contributed by atoms with Gasteiger partial charge in [-0.15, -0.1) is 0 Å². The molecule has 1 amide bonds. The highest BCUT2D eigenvalue weighted by Crippen LogP contribution is 1.93. The van der Waals surface area contributed by atoms with Crippen LogP contribution in [0.2, 0.25) is 0 Å². The quantitative estimate of drug-likeness (QED) is 0.432. The van der Waals surface area contributed by atoms with Crippen LogP contribution in [0.1, 0.15) is 19.3 Å². The van der Waals surface area contributed by atoms with Gasteiger partial charge in [-0.25, -0.2) is 0 Å². The summed E-state index contributed by atoms with van der Waals surface area (Å²) >= 11 is 0. The zero-order chi connectivity index (χ0) is 11.4. The van der Waals surface area contributed by atoms with Crippen LogP contribution in [0.5, 0.6) is 0 Å². The number of nitrogens with one attached hydrogen (secondary N) is 2. The van der Waals surface area contributed by atoms with Gasteiger partial charge in [0.15, 0.2) is 0 Å². The van der Waals surface area contributed by atoms with E-state index in [-0.39, 0.29) is 5.91 Å². The van der Waals surface area contributed by atoms with Crippen LogP contribution in [0, 0.1) is 0 Å². The first kappa shape index (κ1) is 14.3. The van der Waals surface area contributed by atoms with E-state index in [4.69, 9.17) is 9.84 Å². The average molecular weight is 218 g/mol. The van der Waals surface area contributed by atoms with E-state index < -0.39 is 6.61 Å². The summed E-state index contributed by atoms with van der Waals surface area (Å²) in [7, 11) is 1.94. The Kier molecular flexibility index (Phi) is 10.9. The Morgan fingerprint density at radius 3 is 2.67 bits per heavy atom. The molecule has 0 aliphatic heterocycles. The van der Waals surface area contributed by atoms with E-state index in [1.54, 1.807) is 0 Å². The Labute approximate surface area is 91.2 Å². The number of aliphatic hydroxyl groups excluding tert-OH is 1. The molecule has 0 spiro atoms. The predicted octanol–water partition coefficient (Wildman–Crippen LogP) is -0.499. The third kappa shape index (κ3) is 11.3. The van der Waals surface area contributed by atoms with Crippen molar-refractivity contribution >= 4 is 5.91 Å². The smallest absolute Gasteiger partial charge is 0.245 e. The highest BCUT2D eigenvalue weighted by Gasteiger charge is 1.95. The molecule has 5 nitrogen and oxygen atoms in total. The summed E-state index contributed by atoms with van der Waals surface area (Å²) in [6.45, 7) is 2.31. The average Bonchev–Trinajstić information content (AvgIpc) is 2.26. The molecule has 3 N–H and O–H groups in total. The molecule has 0 aliphatic carbocycles. The highest BCUT2D eigenvalue weighted by molar-refractivity contribution is 5.76. The molecule has 15 heavy (non-hydrogen) atoms. The van der Waals surface area contributed by atoms with Crippen LogP contribution in [0.25, 0.3) is 0 Å². The molecule has 0 atom stereocenters. The third-order valence-electron chi connectivity index (χ3n) is 1.93. The number of hydrogen-bond donors (Lipinski definition) is 3. The Bertz CT molecular complexity index is 154. The lowest BCUT2D eigenvalue weighted by Gasteiger charge is -2.05. The SMILES string of the molecule is CNCCCCCOCCNC(=O)CO. The van der Waals surface area contributed by atoms with E-state index in [0.29, 0.717) is 13.2 Å². The van der Waals surface area contributed by atoms with Gasteiger partial charge in [0.25, 0.3) is 0 Å². The summed E-state index contributed by atoms with van der Waals surface area (Å²) in [5.41, 5.74) is 0. The van der Waals surface area contributed by atoms with Gasteiger partial charge in [-0.05, 0) is 32.9 Å². The number of rotatable bonds is 10. The number of carbonyl (C=O) groups excluding carboxylic acids is 1. The minimum Gasteiger partial charge on any atom is -0.387 e. The van der Waals surface area contributed by atoms with E-state index in [1.165, 1.54) is 6.42 Å². The predicted molar refractivity (Wildman–Crippen MR) is 58.7 cm³/mol. The van der Waals surface area contributed by atoms with Gasteiger partial charge in [-0.2, -0.15) is 0 Å². The molecule has 0 saturated heterocycles. The maximum absolute atomic E-state index is 10.6. The van der Waals surface area contributed by atoms with E-state index >= 15 is 0 Å². The number of aliphatic hydroxyl groups is 1. The summed E-state index contributed by atoms with van der Waals surface area (Å²) in [5, 5.41) is 14.0. The second-order valence-corrected chi connectivity index (χ2v) is 3.28. The third-order valence-corrected chi connectivity index (χ3v) is 1.93. The van der Waals surface area contributed by atoms with Crippen molar-refractivity contribution in [2.75, 3.05) is 40.0 Å². The van der Waals surface area contributed by atoms with Crippen molar-refractivity contribution in [2.45, 2.75) is 19.3 Å². The van der Waals surface area contributed by atoms with Crippen molar-refractivity contribution in [3.8, 4) is 0 Å². The van der Waals surface area contributed by atoms with Crippen LogP contribution < -0.4 is 10.6 Å². The molecular formula is C10H22N2O3. The van der Waals surface area contributed by atoms with Gasteiger partial charge < -0.3 is 20.5 Å². The fourth-order valence-corrected chi connectivity index (χ4v) is 1.10. The minimum absolute atomic E-state index is 0.354. The molecule has 0 saturated carbocycles. The Morgan fingerprint density at radius 2 is 2.00 bits per heavy atom. The molecule has 5 heteroatoms. The first-order valence-electron chi connectivity index (χ1n) is 5.41. The van der Waals surface area contributed by atoms with Crippen molar-refractivity contribution in [2.24, 2.45) is 0 Å². The maximum atomic E-state index is 10.6. The van der Waals surface area contributed by atoms with Crippen molar-refractivity contribution in [3.63, 3.8) is 0 Å². The lowest BCUT2D eigenvalue weighted by Crippen LogP contribution is -2.29. The van der Waals surface area contributed by atoms with Gasteiger partial charge in [-0.1, -0.05) is 0 Å². The molecule has 0 heterocycles.